The molecular weight excluding hydrogens is 230 g/mol. The molecule has 0 bridgehead atoms. The molecule has 1 aromatic carbocycles. The van der Waals surface area contributed by atoms with Crippen molar-refractivity contribution in [3.8, 4) is 0 Å². The quantitative estimate of drug-likeness (QED) is 0.641. The Labute approximate surface area is 119 Å². The van der Waals surface area contributed by atoms with Crippen molar-refractivity contribution in [2.24, 2.45) is 5.41 Å². The highest BCUT2D eigenvalue weighted by Crippen LogP contribution is 2.22. The number of benzene rings is 1. The summed E-state index contributed by atoms with van der Waals surface area (Å²) in [5.74, 6) is 0. The van der Waals surface area contributed by atoms with Crippen LogP contribution in [0.3, 0.4) is 0 Å². The Bertz CT molecular complexity index is 337. The standard InChI is InChI=1S/C18H31N/c1-5-7-16-8-10-17(11-9-16)12-13-18(3,4)15-19-14-6-2/h8-11,19H,5-7,12-15H2,1-4H3. The van der Waals surface area contributed by atoms with Gasteiger partial charge in [-0.2, -0.15) is 0 Å². The Kier molecular flexibility index (Phi) is 7.15. The van der Waals surface area contributed by atoms with Gasteiger partial charge in [-0.15, -0.1) is 0 Å². The van der Waals surface area contributed by atoms with Gasteiger partial charge in [0.2, 0.25) is 0 Å². The summed E-state index contributed by atoms with van der Waals surface area (Å²) in [4.78, 5) is 0. The van der Waals surface area contributed by atoms with E-state index in [-0.39, 0.29) is 0 Å². The second kappa shape index (κ2) is 8.37. The van der Waals surface area contributed by atoms with Gasteiger partial charge in [0.1, 0.15) is 0 Å². The van der Waals surface area contributed by atoms with Gasteiger partial charge in [0.05, 0.1) is 0 Å². The Balaban J connectivity index is 2.38. The van der Waals surface area contributed by atoms with E-state index in [2.05, 4.69) is 57.3 Å². The SMILES string of the molecule is CCCNCC(C)(C)CCc1ccc(CCC)cc1. The van der Waals surface area contributed by atoms with Crippen LogP contribution in [0.5, 0.6) is 0 Å². The predicted octanol–water partition coefficient (Wildman–Crippen LogP) is 4.60. The molecular formula is C18H31N. The normalized spacial score (nSPS) is 11.8. The summed E-state index contributed by atoms with van der Waals surface area (Å²) in [6.07, 6.45) is 6.08. The summed E-state index contributed by atoms with van der Waals surface area (Å²) < 4.78 is 0. The molecule has 0 fully saturated rings. The third-order valence-electron chi connectivity index (χ3n) is 3.68. The zero-order chi connectivity index (χ0) is 14.1. The van der Waals surface area contributed by atoms with E-state index >= 15 is 0 Å². The lowest BCUT2D eigenvalue weighted by Gasteiger charge is -2.25. The Morgan fingerprint density at radius 3 is 2.00 bits per heavy atom. The van der Waals surface area contributed by atoms with E-state index in [1.807, 2.05) is 0 Å². The maximum Gasteiger partial charge on any atom is 0.000263 e. The lowest BCUT2D eigenvalue weighted by Crippen LogP contribution is -2.30. The van der Waals surface area contributed by atoms with E-state index in [0.29, 0.717) is 5.41 Å². The van der Waals surface area contributed by atoms with Gasteiger partial charge < -0.3 is 5.32 Å². The minimum absolute atomic E-state index is 0.386. The van der Waals surface area contributed by atoms with Gasteiger partial charge in [-0.25, -0.2) is 0 Å². The first-order chi connectivity index (χ1) is 9.07. The summed E-state index contributed by atoms with van der Waals surface area (Å²) in [5.41, 5.74) is 3.33. The molecule has 0 spiro atoms. The topological polar surface area (TPSA) is 12.0 Å². The summed E-state index contributed by atoms with van der Waals surface area (Å²) >= 11 is 0. The maximum absolute atomic E-state index is 3.54. The largest absolute Gasteiger partial charge is 0.316 e. The van der Waals surface area contributed by atoms with Crippen molar-refractivity contribution in [1.82, 2.24) is 5.32 Å². The zero-order valence-electron chi connectivity index (χ0n) is 13.3. The fourth-order valence-corrected chi connectivity index (χ4v) is 2.34. The first-order valence-corrected chi connectivity index (χ1v) is 7.86. The average Bonchev–Trinajstić information content (AvgIpc) is 2.39. The van der Waals surface area contributed by atoms with Crippen LogP contribution in [0.1, 0.15) is 58.1 Å². The van der Waals surface area contributed by atoms with E-state index in [0.717, 1.165) is 13.1 Å². The van der Waals surface area contributed by atoms with Crippen molar-refractivity contribution in [3.63, 3.8) is 0 Å². The van der Waals surface area contributed by atoms with Crippen molar-refractivity contribution >= 4 is 0 Å². The van der Waals surface area contributed by atoms with Crippen LogP contribution >= 0.6 is 0 Å². The van der Waals surface area contributed by atoms with Gasteiger partial charge in [-0.05, 0) is 48.8 Å². The Morgan fingerprint density at radius 2 is 1.47 bits per heavy atom. The molecule has 0 aliphatic heterocycles. The lowest BCUT2D eigenvalue weighted by atomic mass is 9.86. The molecule has 0 saturated carbocycles. The van der Waals surface area contributed by atoms with Crippen molar-refractivity contribution in [1.29, 1.82) is 0 Å². The molecule has 0 amide bonds. The highest BCUT2D eigenvalue weighted by Gasteiger charge is 2.16. The number of hydrogen-bond donors (Lipinski definition) is 1. The third kappa shape index (κ3) is 6.77. The monoisotopic (exact) mass is 261 g/mol. The molecule has 0 aromatic heterocycles. The van der Waals surface area contributed by atoms with Crippen LogP contribution in [0.25, 0.3) is 0 Å². The molecule has 0 aliphatic rings. The highest BCUT2D eigenvalue weighted by molar-refractivity contribution is 5.22. The molecule has 0 aliphatic carbocycles. The van der Waals surface area contributed by atoms with Crippen LogP contribution in [-0.4, -0.2) is 13.1 Å². The highest BCUT2D eigenvalue weighted by atomic mass is 14.9. The molecule has 1 aromatic rings. The smallest absolute Gasteiger partial charge is 0.000263 e. The number of rotatable bonds is 9. The first kappa shape index (κ1) is 16.2. The molecule has 1 nitrogen and oxygen atoms in total. The van der Waals surface area contributed by atoms with E-state index in [9.17, 15) is 0 Å². The Morgan fingerprint density at radius 1 is 0.895 bits per heavy atom. The molecule has 0 atom stereocenters. The van der Waals surface area contributed by atoms with Gasteiger partial charge in [-0.3, -0.25) is 0 Å². The van der Waals surface area contributed by atoms with Gasteiger partial charge >= 0.3 is 0 Å². The minimum atomic E-state index is 0.386. The van der Waals surface area contributed by atoms with Crippen LogP contribution < -0.4 is 5.32 Å². The van der Waals surface area contributed by atoms with Crippen LogP contribution in [-0.2, 0) is 12.8 Å². The summed E-state index contributed by atoms with van der Waals surface area (Å²) in [6, 6.07) is 9.20. The van der Waals surface area contributed by atoms with E-state index < -0.39 is 0 Å². The zero-order valence-corrected chi connectivity index (χ0v) is 13.3. The molecule has 19 heavy (non-hydrogen) atoms. The number of aryl methyl sites for hydroxylation is 2. The van der Waals surface area contributed by atoms with Crippen molar-refractivity contribution in [2.75, 3.05) is 13.1 Å². The molecule has 0 unspecified atom stereocenters. The maximum atomic E-state index is 3.54. The van der Waals surface area contributed by atoms with E-state index in [4.69, 9.17) is 0 Å². The molecule has 1 N–H and O–H groups in total. The van der Waals surface area contributed by atoms with Crippen LogP contribution in [0, 0.1) is 5.41 Å². The fraction of sp³-hybridized carbons (Fsp3) is 0.667. The van der Waals surface area contributed by atoms with Crippen LogP contribution in [0.2, 0.25) is 0 Å². The van der Waals surface area contributed by atoms with E-state index in [1.165, 1.54) is 43.2 Å². The molecule has 0 radical (unpaired) electrons. The van der Waals surface area contributed by atoms with Gasteiger partial charge in [-0.1, -0.05) is 58.4 Å². The first-order valence-electron chi connectivity index (χ1n) is 7.86. The lowest BCUT2D eigenvalue weighted by molar-refractivity contribution is 0.315. The second-order valence-corrected chi connectivity index (χ2v) is 6.41. The van der Waals surface area contributed by atoms with E-state index in [1.54, 1.807) is 0 Å². The summed E-state index contributed by atoms with van der Waals surface area (Å²) in [6.45, 7) is 11.4. The molecule has 1 heteroatoms. The fourth-order valence-electron chi connectivity index (χ4n) is 2.34. The van der Waals surface area contributed by atoms with Gasteiger partial charge in [0.15, 0.2) is 0 Å². The van der Waals surface area contributed by atoms with Crippen molar-refractivity contribution < 1.29 is 0 Å². The predicted molar refractivity (Wildman–Crippen MR) is 85.7 cm³/mol. The van der Waals surface area contributed by atoms with Gasteiger partial charge in [0.25, 0.3) is 0 Å². The average molecular weight is 261 g/mol. The molecule has 108 valence electrons. The number of nitrogens with one attached hydrogen (secondary N) is 1. The third-order valence-corrected chi connectivity index (χ3v) is 3.68. The second-order valence-electron chi connectivity index (χ2n) is 6.41. The van der Waals surface area contributed by atoms with Gasteiger partial charge in [0, 0.05) is 6.54 Å². The number of hydrogen-bond acceptors (Lipinski definition) is 1. The minimum Gasteiger partial charge on any atom is -0.316 e. The van der Waals surface area contributed by atoms with Crippen molar-refractivity contribution in [2.45, 2.75) is 59.8 Å². The van der Waals surface area contributed by atoms with Crippen molar-refractivity contribution in [3.05, 3.63) is 35.4 Å². The van der Waals surface area contributed by atoms with Crippen LogP contribution in [0.4, 0.5) is 0 Å². The van der Waals surface area contributed by atoms with Crippen LogP contribution in [0.15, 0.2) is 24.3 Å². The Hall–Kier alpha value is -0.820. The molecule has 0 heterocycles. The molecule has 0 saturated heterocycles. The molecule has 1 rings (SSSR count). The summed E-state index contributed by atoms with van der Waals surface area (Å²) in [5, 5.41) is 3.54. The summed E-state index contributed by atoms with van der Waals surface area (Å²) in [7, 11) is 0.